The fourth-order valence-electron chi connectivity index (χ4n) is 2.66. The quantitative estimate of drug-likeness (QED) is 0.488. The van der Waals surface area contributed by atoms with Crippen molar-refractivity contribution in [3.63, 3.8) is 0 Å². The summed E-state index contributed by atoms with van der Waals surface area (Å²) in [6.45, 7) is 3.93. The second-order valence-electron chi connectivity index (χ2n) is 5.58. The molecule has 4 rings (SSSR count). The number of carbonyl (C=O) groups excluding carboxylic acids is 1. The predicted molar refractivity (Wildman–Crippen MR) is 99.5 cm³/mol. The highest BCUT2D eigenvalue weighted by Crippen LogP contribution is 2.36. The first-order valence-electron chi connectivity index (χ1n) is 8.23. The third-order valence-corrected chi connectivity index (χ3v) is 5.05. The molecule has 0 unspecified atom stereocenters. The number of benzene rings is 1. The summed E-state index contributed by atoms with van der Waals surface area (Å²) in [5.41, 5.74) is 1.56. The summed E-state index contributed by atoms with van der Waals surface area (Å²) in [5.74, 6) is 0.614. The normalized spacial score (nSPS) is 10.9. The Kier molecular flexibility index (Phi) is 4.51. The largest absolute Gasteiger partial charge is 0.462 e. The van der Waals surface area contributed by atoms with Gasteiger partial charge < -0.3 is 9.47 Å². The van der Waals surface area contributed by atoms with E-state index >= 15 is 0 Å². The molecule has 8 nitrogen and oxygen atoms in total. The van der Waals surface area contributed by atoms with Crippen molar-refractivity contribution in [2.75, 3.05) is 6.61 Å². The van der Waals surface area contributed by atoms with Gasteiger partial charge in [0.2, 0.25) is 5.88 Å². The maximum Gasteiger partial charge on any atom is 0.348 e. The minimum atomic E-state index is -0.364. The number of esters is 1. The molecule has 0 amide bonds. The zero-order valence-corrected chi connectivity index (χ0v) is 15.4. The van der Waals surface area contributed by atoms with Crippen LogP contribution in [0.25, 0.3) is 15.9 Å². The number of hydrogen-bond acceptors (Lipinski definition) is 8. The summed E-state index contributed by atoms with van der Waals surface area (Å²) in [6.07, 6.45) is 4.77. The van der Waals surface area contributed by atoms with Crippen LogP contribution in [0.2, 0.25) is 0 Å². The van der Waals surface area contributed by atoms with Gasteiger partial charge >= 0.3 is 5.97 Å². The van der Waals surface area contributed by atoms with Gasteiger partial charge in [-0.2, -0.15) is 0 Å². The predicted octanol–water partition coefficient (Wildman–Crippen LogP) is 3.55. The fourth-order valence-corrected chi connectivity index (χ4v) is 3.69. The van der Waals surface area contributed by atoms with E-state index in [0.29, 0.717) is 33.3 Å². The highest BCUT2D eigenvalue weighted by molar-refractivity contribution is 7.20. The van der Waals surface area contributed by atoms with E-state index in [9.17, 15) is 4.79 Å². The molecule has 0 spiro atoms. The standard InChI is InChI=1S/C18H15N5O3S/c1-3-25-18(24)15-11(2)14-16(19-10-20-17(14)27-15)26-13-6-4-5-12(9-13)23-8-7-21-22-23/h4-10H,3H2,1-2H3. The monoisotopic (exact) mass is 381 g/mol. The highest BCUT2D eigenvalue weighted by Gasteiger charge is 2.21. The lowest BCUT2D eigenvalue weighted by molar-refractivity contribution is 0.0531. The van der Waals surface area contributed by atoms with Crippen LogP contribution in [0.1, 0.15) is 22.2 Å². The molecule has 27 heavy (non-hydrogen) atoms. The summed E-state index contributed by atoms with van der Waals surface area (Å²) in [4.78, 5) is 21.9. The van der Waals surface area contributed by atoms with Crippen molar-refractivity contribution in [2.45, 2.75) is 13.8 Å². The number of aromatic nitrogens is 5. The van der Waals surface area contributed by atoms with Crippen molar-refractivity contribution in [1.29, 1.82) is 0 Å². The number of fused-ring (bicyclic) bond motifs is 1. The molecule has 3 heterocycles. The Balaban J connectivity index is 1.72. The second-order valence-corrected chi connectivity index (χ2v) is 6.58. The van der Waals surface area contributed by atoms with Crippen LogP contribution in [0, 0.1) is 6.92 Å². The third kappa shape index (κ3) is 3.24. The van der Waals surface area contributed by atoms with E-state index in [4.69, 9.17) is 9.47 Å². The van der Waals surface area contributed by atoms with Gasteiger partial charge in [-0.25, -0.2) is 19.4 Å². The molecule has 0 radical (unpaired) electrons. The Morgan fingerprint density at radius 3 is 2.96 bits per heavy atom. The lowest BCUT2D eigenvalue weighted by Gasteiger charge is -2.08. The Bertz CT molecular complexity index is 1110. The van der Waals surface area contributed by atoms with Gasteiger partial charge in [-0.3, -0.25) is 0 Å². The first-order valence-corrected chi connectivity index (χ1v) is 9.05. The van der Waals surface area contributed by atoms with Gasteiger partial charge in [-0.15, -0.1) is 16.4 Å². The lowest BCUT2D eigenvalue weighted by Crippen LogP contribution is -2.03. The maximum atomic E-state index is 12.2. The first-order chi connectivity index (χ1) is 13.2. The van der Waals surface area contributed by atoms with E-state index in [0.717, 1.165) is 11.3 Å². The van der Waals surface area contributed by atoms with E-state index in [-0.39, 0.29) is 5.97 Å². The fraction of sp³-hybridized carbons (Fsp3) is 0.167. The molecule has 0 fully saturated rings. The highest BCUT2D eigenvalue weighted by atomic mass is 32.1. The van der Waals surface area contributed by atoms with Crippen molar-refractivity contribution in [1.82, 2.24) is 25.0 Å². The maximum absolute atomic E-state index is 12.2. The number of aryl methyl sites for hydroxylation is 1. The first kappa shape index (κ1) is 17.1. The Morgan fingerprint density at radius 1 is 1.30 bits per heavy atom. The Hall–Kier alpha value is -3.33. The molecule has 136 valence electrons. The molecule has 0 aliphatic heterocycles. The SMILES string of the molecule is CCOC(=O)c1sc2ncnc(Oc3cccc(-n4ccnn4)c3)c2c1C. The molecule has 0 saturated carbocycles. The van der Waals surface area contributed by atoms with Crippen molar-refractivity contribution in [2.24, 2.45) is 0 Å². The van der Waals surface area contributed by atoms with Gasteiger partial charge in [-0.1, -0.05) is 11.3 Å². The molecule has 3 aromatic heterocycles. The van der Waals surface area contributed by atoms with E-state index in [2.05, 4.69) is 20.3 Å². The number of nitrogens with zero attached hydrogens (tertiary/aromatic N) is 5. The van der Waals surface area contributed by atoms with Crippen LogP contribution in [0.5, 0.6) is 11.6 Å². The summed E-state index contributed by atoms with van der Waals surface area (Å²) in [7, 11) is 0. The molecule has 0 atom stereocenters. The zero-order chi connectivity index (χ0) is 18.8. The lowest BCUT2D eigenvalue weighted by atomic mass is 10.2. The minimum absolute atomic E-state index is 0.316. The zero-order valence-electron chi connectivity index (χ0n) is 14.6. The van der Waals surface area contributed by atoms with Gasteiger partial charge in [-0.05, 0) is 31.5 Å². The van der Waals surface area contributed by atoms with Crippen LogP contribution < -0.4 is 4.74 Å². The van der Waals surface area contributed by atoms with Crippen LogP contribution >= 0.6 is 11.3 Å². The molecule has 0 aliphatic carbocycles. The molecule has 4 aromatic rings. The van der Waals surface area contributed by atoms with Crippen LogP contribution in [0.3, 0.4) is 0 Å². The van der Waals surface area contributed by atoms with Gasteiger partial charge in [0.1, 0.15) is 21.8 Å². The van der Waals surface area contributed by atoms with E-state index in [1.165, 1.54) is 17.7 Å². The van der Waals surface area contributed by atoms with Crippen molar-refractivity contribution in [3.05, 3.63) is 53.4 Å². The average molecular weight is 381 g/mol. The summed E-state index contributed by atoms with van der Waals surface area (Å²) >= 11 is 1.27. The van der Waals surface area contributed by atoms with Crippen LogP contribution in [-0.2, 0) is 4.74 Å². The van der Waals surface area contributed by atoms with Crippen molar-refractivity contribution < 1.29 is 14.3 Å². The number of rotatable bonds is 5. The average Bonchev–Trinajstić information content (AvgIpc) is 3.31. The topological polar surface area (TPSA) is 92.0 Å². The van der Waals surface area contributed by atoms with E-state index in [1.807, 2.05) is 31.2 Å². The number of hydrogen-bond donors (Lipinski definition) is 0. The second kappa shape index (κ2) is 7.12. The van der Waals surface area contributed by atoms with Gasteiger partial charge in [0.05, 0.1) is 30.1 Å². The van der Waals surface area contributed by atoms with Gasteiger partial charge in [0.15, 0.2) is 0 Å². The summed E-state index contributed by atoms with van der Waals surface area (Å²) in [5, 5.41) is 8.49. The molecule has 0 saturated heterocycles. The molecule has 0 N–H and O–H groups in total. The van der Waals surface area contributed by atoms with E-state index < -0.39 is 0 Å². The minimum Gasteiger partial charge on any atom is -0.462 e. The number of thiophene rings is 1. The van der Waals surface area contributed by atoms with Crippen LogP contribution in [-0.4, -0.2) is 37.5 Å². The van der Waals surface area contributed by atoms with Crippen LogP contribution in [0.4, 0.5) is 0 Å². The molecular weight excluding hydrogens is 366 g/mol. The molecule has 0 aliphatic rings. The molecule has 9 heteroatoms. The summed E-state index contributed by atoms with van der Waals surface area (Å²) in [6, 6.07) is 7.40. The van der Waals surface area contributed by atoms with Crippen molar-refractivity contribution in [3.8, 4) is 17.3 Å². The van der Waals surface area contributed by atoms with Gasteiger partial charge in [0, 0.05) is 6.07 Å². The summed E-state index contributed by atoms with van der Waals surface area (Å²) < 4.78 is 12.8. The van der Waals surface area contributed by atoms with E-state index in [1.54, 1.807) is 24.0 Å². The molecular formula is C18H15N5O3S. The Labute approximate surface area is 158 Å². The third-order valence-electron chi connectivity index (χ3n) is 3.87. The Morgan fingerprint density at radius 2 is 2.19 bits per heavy atom. The number of ether oxygens (including phenoxy) is 2. The molecule has 0 bridgehead atoms. The van der Waals surface area contributed by atoms with Crippen molar-refractivity contribution >= 4 is 27.5 Å². The molecule has 1 aromatic carbocycles. The van der Waals surface area contributed by atoms with Crippen LogP contribution in [0.15, 0.2) is 43.0 Å². The number of carbonyl (C=O) groups is 1. The van der Waals surface area contributed by atoms with Gasteiger partial charge in [0.25, 0.3) is 0 Å². The smallest absolute Gasteiger partial charge is 0.348 e.